The van der Waals surface area contributed by atoms with Crippen molar-refractivity contribution in [2.75, 3.05) is 59.4 Å². The summed E-state index contributed by atoms with van der Waals surface area (Å²) in [6.45, 7) is 5.73. The molecule has 31 heavy (non-hydrogen) atoms. The Balaban J connectivity index is 1.64. The van der Waals surface area contributed by atoms with Crippen molar-refractivity contribution in [2.45, 2.75) is 13.0 Å². The van der Waals surface area contributed by atoms with Crippen LogP contribution in [-0.2, 0) is 20.8 Å². The van der Waals surface area contributed by atoms with Crippen molar-refractivity contribution in [1.29, 1.82) is 0 Å². The lowest BCUT2D eigenvalue weighted by atomic mass is 10.1. The van der Waals surface area contributed by atoms with E-state index in [9.17, 15) is 0 Å². The fraction of sp³-hybridized carbons (Fsp3) is 0.458. The van der Waals surface area contributed by atoms with Crippen molar-refractivity contribution in [3.63, 3.8) is 0 Å². The zero-order valence-corrected chi connectivity index (χ0v) is 18.0. The zero-order valence-electron chi connectivity index (χ0n) is 18.0. The summed E-state index contributed by atoms with van der Waals surface area (Å²) < 4.78 is 30.4. The first-order valence-corrected chi connectivity index (χ1v) is 10.9. The third-order valence-corrected chi connectivity index (χ3v) is 4.69. The first-order valence-electron chi connectivity index (χ1n) is 10.9. The summed E-state index contributed by atoms with van der Waals surface area (Å²) in [6, 6.07) is 10.1. The van der Waals surface area contributed by atoms with E-state index in [2.05, 4.69) is 41.2 Å². The Kier molecular flexibility index (Phi) is 10.3. The van der Waals surface area contributed by atoms with Crippen LogP contribution in [0.4, 0.5) is 0 Å². The Hall–Kier alpha value is -2.45. The zero-order chi connectivity index (χ0) is 21.6. The van der Waals surface area contributed by atoms with Crippen molar-refractivity contribution in [3.05, 3.63) is 53.9 Å². The number of fused-ring (bicyclic) bond motifs is 1. The Morgan fingerprint density at radius 2 is 1.29 bits per heavy atom. The number of ether oxygens (including phenoxy) is 5. The summed E-state index contributed by atoms with van der Waals surface area (Å²) in [5.41, 5.74) is 7.74. The molecule has 1 aliphatic rings. The summed E-state index contributed by atoms with van der Waals surface area (Å²) in [5.74, 6) is 1.40. The van der Waals surface area contributed by atoms with Crippen LogP contribution in [0.15, 0.2) is 42.7 Å². The van der Waals surface area contributed by atoms with Crippen LogP contribution in [0, 0.1) is 0 Å². The Morgan fingerprint density at radius 3 is 1.94 bits per heavy atom. The molecule has 0 saturated carbocycles. The average Bonchev–Trinajstić information content (AvgIpc) is 2.81. The van der Waals surface area contributed by atoms with Gasteiger partial charge in [0.25, 0.3) is 0 Å². The highest BCUT2D eigenvalue weighted by Gasteiger charge is 2.07. The Morgan fingerprint density at radius 1 is 0.710 bits per heavy atom. The van der Waals surface area contributed by atoms with Gasteiger partial charge in [0.05, 0.1) is 39.6 Å². The molecule has 0 bridgehead atoms. The minimum atomic E-state index is 0.446. The summed E-state index contributed by atoms with van der Waals surface area (Å²) in [5, 5.41) is 0. The van der Waals surface area contributed by atoms with E-state index in [0.29, 0.717) is 70.9 Å². The molecule has 1 aromatic heterocycles. The fourth-order valence-corrected chi connectivity index (χ4v) is 3.02. The summed E-state index contributed by atoms with van der Waals surface area (Å²) in [6.07, 6.45) is 9.27. The molecule has 7 heteroatoms. The fourth-order valence-electron chi connectivity index (χ4n) is 3.02. The molecule has 0 spiro atoms. The van der Waals surface area contributed by atoms with E-state index in [1.807, 2.05) is 18.2 Å². The highest BCUT2D eigenvalue weighted by atomic mass is 16.6. The van der Waals surface area contributed by atoms with Crippen LogP contribution in [0.3, 0.4) is 0 Å². The van der Waals surface area contributed by atoms with Crippen LogP contribution in [0.25, 0.3) is 12.2 Å². The molecule has 0 aliphatic carbocycles. The molecule has 0 amide bonds. The van der Waals surface area contributed by atoms with E-state index in [1.165, 1.54) is 0 Å². The monoisotopic (exact) mass is 429 g/mol. The van der Waals surface area contributed by atoms with Crippen molar-refractivity contribution < 1.29 is 28.3 Å². The molecule has 0 atom stereocenters. The summed E-state index contributed by atoms with van der Waals surface area (Å²) in [4.78, 5) is 0. The maximum absolute atomic E-state index is 5.93. The van der Waals surface area contributed by atoms with Gasteiger partial charge in [-0.15, -0.1) is 0 Å². The predicted octanol–water partition coefficient (Wildman–Crippen LogP) is 2.31. The number of pyridine rings is 1. The van der Waals surface area contributed by atoms with Gasteiger partial charge < -0.3 is 29.4 Å². The Bertz CT molecular complexity index is 795. The third-order valence-electron chi connectivity index (χ3n) is 4.69. The van der Waals surface area contributed by atoms with Gasteiger partial charge in [0.15, 0.2) is 23.9 Å². The van der Waals surface area contributed by atoms with Gasteiger partial charge >= 0.3 is 0 Å². The lowest BCUT2D eigenvalue weighted by Crippen LogP contribution is -2.33. The smallest absolute Gasteiger partial charge is 0.169 e. The quantitative estimate of drug-likeness (QED) is 0.736. The van der Waals surface area contributed by atoms with Gasteiger partial charge in [-0.3, -0.25) is 0 Å². The number of hydrogen-bond donors (Lipinski definition) is 1. The molecular weight excluding hydrogens is 396 g/mol. The number of aromatic nitrogens is 1. The maximum atomic E-state index is 5.93. The minimum absolute atomic E-state index is 0.446. The van der Waals surface area contributed by atoms with Gasteiger partial charge in [-0.25, -0.2) is 4.57 Å². The van der Waals surface area contributed by atoms with E-state index >= 15 is 0 Å². The largest absolute Gasteiger partial charge is 0.487 e. The lowest BCUT2D eigenvalue weighted by Gasteiger charge is -2.13. The molecule has 0 saturated heterocycles. The topological polar surface area (TPSA) is 76.1 Å². The van der Waals surface area contributed by atoms with E-state index in [1.54, 1.807) is 0 Å². The third kappa shape index (κ3) is 8.67. The first kappa shape index (κ1) is 23.2. The molecule has 7 nitrogen and oxygen atoms in total. The number of benzene rings is 1. The number of nitrogens with zero attached hydrogens (tertiary/aromatic N) is 1. The molecule has 2 aromatic rings. The van der Waals surface area contributed by atoms with Crippen molar-refractivity contribution in [2.24, 2.45) is 5.73 Å². The lowest BCUT2D eigenvalue weighted by molar-refractivity contribution is -0.697. The van der Waals surface area contributed by atoms with E-state index in [-0.39, 0.29) is 0 Å². The van der Waals surface area contributed by atoms with E-state index in [4.69, 9.17) is 29.4 Å². The van der Waals surface area contributed by atoms with Gasteiger partial charge in [-0.05, 0) is 29.8 Å². The molecule has 168 valence electrons. The van der Waals surface area contributed by atoms with Gasteiger partial charge in [0, 0.05) is 18.6 Å². The number of nitrogens with two attached hydrogens (primary N) is 1. The van der Waals surface area contributed by atoms with Crippen molar-refractivity contribution in [1.82, 2.24) is 0 Å². The second-order valence-corrected chi connectivity index (χ2v) is 7.09. The minimum Gasteiger partial charge on any atom is -0.487 e. The number of rotatable bonds is 5. The van der Waals surface area contributed by atoms with Crippen LogP contribution in [0.1, 0.15) is 17.5 Å². The average molecular weight is 430 g/mol. The van der Waals surface area contributed by atoms with Crippen molar-refractivity contribution >= 4 is 12.2 Å². The van der Waals surface area contributed by atoms with Crippen LogP contribution in [0.5, 0.6) is 11.5 Å². The highest BCUT2D eigenvalue weighted by Crippen LogP contribution is 2.29. The molecule has 1 aliphatic heterocycles. The summed E-state index contributed by atoms with van der Waals surface area (Å²) in [7, 11) is 0. The predicted molar refractivity (Wildman–Crippen MR) is 119 cm³/mol. The molecule has 0 unspecified atom stereocenters. The maximum Gasteiger partial charge on any atom is 0.169 e. The van der Waals surface area contributed by atoms with E-state index < -0.39 is 0 Å². The second-order valence-electron chi connectivity index (χ2n) is 7.09. The molecule has 2 N–H and O–H groups in total. The number of hydrogen-bond acceptors (Lipinski definition) is 6. The van der Waals surface area contributed by atoms with Gasteiger partial charge in [-0.1, -0.05) is 18.2 Å². The van der Waals surface area contributed by atoms with Crippen molar-refractivity contribution in [3.8, 4) is 11.5 Å². The molecule has 3 rings (SSSR count). The Labute approximate surface area is 184 Å². The SMILES string of the molecule is NCCC[n+]1ccc(/C=C/c2ccc3c(c2)OCCOCCOCCOCCO3)cc1. The molecule has 0 fully saturated rings. The van der Waals surface area contributed by atoms with E-state index in [0.717, 1.165) is 24.1 Å². The van der Waals surface area contributed by atoms with Crippen LogP contribution in [-0.4, -0.2) is 59.4 Å². The number of aryl methyl sites for hydroxylation is 1. The standard InChI is InChI=1S/C24H33N2O5/c25-8-1-9-26-10-6-21(7-11-26)2-3-22-4-5-23-24(20-22)31-19-17-29-15-13-27-12-14-28-16-18-30-23/h2-7,10-11,20H,1,8-9,12-19,25H2/q+1/b3-2+. The highest BCUT2D eigenvalue weighted by molar-refractivity contribution is 5.70. The molecule has 0 radical (unpaired) electrons. The van der Waals surface area contributed by atoms with Crippen LogP contribution < -0.4 is 19.8 Å². The van der Waals surface area contributed by atoms with Crippen LogP contribution >= 0.6 is 0 Å². The first-order chi connectivity index (χ1) is 15.3. The summed E-state index contributed by atoms with van der Waals surface area (Å²) >= 11 is 0. The van der Waals surface area contributed by atoms with Crippen LogP contribution in [0.2, 0.25) is 0 Å². The van der Waals surface area contributed by atoms with Gasteiger partial charge in [-0.2, -0.15) is 0 Å². The van der Waals surface area contributed by atoms with Gasteiger partial charge in [0.2, 0.25) is 0 Å². The molecule has 1 aromatic carbocycles. The van der Waals surface area contributed by atoms with Gasteiger partial charge in [0.1, 0.15) is 19.8 Å². The molecule has 2 heterocycles. The molecular formula is C24H33N2O5+. The second kappa shape index (κ2) is 13.8. The normalized spacial score (nSPS) is 16.5.